The SMILES string of the molecule is Cc1ccc([C@H]2C3=C(C[C@H](c4ccccc4O)CC3=O)Nc3ncnn32)cc1. The molecule has 28 heavy (non-hydrogen) atoms. The number of Topliss-reactive ketones (excluding diaryl/α,β-unsaturated/α-hetero) is 1. The normalized spacial score (nSPS) is 21.1. The number of nitrogens with zero attached hydrogens (tertiary/aromatic N) is 3. The summed E-state index contributed by atoms with van der Waals surface area (Å²) in [6.45, 7) is 2.04. The average Bonchev–Trinajstić information content (AvgIpc) is 3.15. The topological polar surface area (TPSA) is 80.0 Å². The number of benzene rings is 2. The number of para-hydroxylation sites is 1. The van der Waals surface area contributed by atoms with Crippen LogP contribution in [-0.2, 0) is 4.79 Å². The van der Waals surface area contributed by atoms with Gasteiger partial charge in [-0.1, -0.05) is 48.0 Å². The van der Waals surface area contributed by atoms with Crippen molar-refractivity contribution in [1.82, 2.24) is 14.8 Å². The van der Waals surface area contributed by atoms with Gasteiger partial charge in [-0.3, -0.25) is 4.79 Å². The van der Waals surface area contributed by atoms with Crippen LogP contribution in [0.4, 0.5) is 5.95 Å². The van der Waals surface area contributed by atoms with Gasteiger partial charge < -0.3 is 10.4 Å². The molecule has 0 bridgehead atoms. The number of rotatable bonds is 2. The molecule has 2 N–H and O–H groups in total. The van der Waals surface area contributed by atoms with Crippen LogP contribution in [0.2, 0.25) is 0 Å². The summed E-state index contributed by atoms with van der Waals surface area (Å²) >= 11 is 0. The number of phenolic OH excluding ortho intramolecular Hbond substituents is 1. The van der Waals surface area contributed by atoms with Gasteiger partial charge in [0.2, 0.25) is 5.95 Å². The number of aryl methyl sites for hydroxylation is 1. The molecule has 6 heteroatoms. The van der Waals surface area contributed by atoms with Crippen LogP contribution in [0.15, 0.2) is 66.1 Å². The minimum absolute atomic E-state index is 0.0620. The van der Waals surface area contributed by atoms with Crippen molar-refractivity contribution >= 4 is 11.7 Å². The Balaban J connectivity index is 1.61. The zero-order valence-corrected chi connectivity index (χ0v) is 15.5. The number of phenols is 1. The molecule has 3 aromatic rings. The van der Waals surface area contributed by atoms with Crippen LogP contribution in [0.1, 0.15) is 41.5 Å². The van der Waals surface area contributed by atoms with Gasteiger partial charge in [-0.2, -0.15) is 10.1 Å². The molecule has 0 radical (unpaired) electrons. The first kappa shape index (κ1) is 16.7. The number of allylic oxidation sites excluding steroid dienone is 2. The number of nitrogens with one attached hydrogen (secondary N) is 1. The Morgan fingerprint density at radius 3 is 2.68 bits per heavy atom. The molecule has 140 valence electrons. The molecule has 1 aliphatic carbocycles. The lowest BCUT2D eigenvalue weighted by atomic mass is 9.77. The number of anilines is 1. The standard InChI is InChI=1S/C22H20N4O2/c1-13-6-8-14(9-7-13)21-20-17(25-22-23-12-24-26(21)22)10-15(11-19(20)28)16-4-2-3-5-18(16)27/h2-9,12,15,21,27H,10-11H2,1H3,(H,23,24,25)/t15-,21-/m0/s1. The van der Waals surface area contributed by atoms with Crippen LogP contribution in [0.3, 0.4) is 0 Å². The number of ketones is 1. The number of hydrogen-bond donors (Lipinski definition) is 2. The summed E-state index contributed by atoms with van der Waals surface area (Å²) < 4.78 is 1.78. The van der Waals surface area contributed by atoms with E-state index in [-0.39, 0.29) is 23.5 Å². The Morgan fingerprint density at radius 1 is 1.11 bits per heavy atom. The highest BCUT2D eigenvalue weighted by molar-refractivity contribution is 6.00. The van der Waals surface area contributed by atoms with Gasteiger partial charge in [-0.05, 0) is 30.5 Å². The Kier molecular flexibility index (Phi) is 3.79. The van der Waals surface area contributed by atoms with Gasteiger partial charge in [0.15, 0.2) is 5.78 Å². The maximum Gasteiger partial charge on any atom is 0.226 e. The van der Waals surface area contributed by atoms with E-state index in [9.17, 15) is 9.90 Å². The molecule has 0 spiro atoms. The van der Waals surface area contributed by atoms with E-state index in [0.717, 1.165) is 22.4 Å². The lowest BCUT2D eigenvalue weighted by Gasteiger charge is -2.35. The smallest absolute Gasteiger partial charge is 0.226 e. The van der Waals surface area contributed by atoms with Gasteiger partial charge in [0.05, 0.1) is 0 Å². The number of carbonyl (C=O) groups excluding carboxylic acids is 1. The summed E-state index contributed by atoms with van der Waals surface area (Å²) in [5.41, 5.74) is 4.60. The zero-order chi connectivity index (χ0) is 19.3. The average molecular weight is 372 g/mol. The lowest BCUT2D eigenvalue weighted by Crippen LogP contribution is -2.33. The molecule has 6 nitrogen and oxygen atoms in total. The molecular formula is C22H20N4O2. The highest BCUT2D eigenvalue weighted by Crippen LogP contribution is 2.45. The van der Waals surface area contributed by atoms with Crippen molar-refractivity contribution in [2.24, 2.45) is 0 Å². The number of hydrogen-bond acceptors (Lipinski definition) is 5. The summed E-state index contributed by atoms with van der Waals surface area (Å²) in [5, 5.41) is 17.9. The Hall–Kier alpha value is -3.41. The molecule has 1 aliphatic heterocycles. The highest BCUT2D eigenvalue weighted by Gasteiger charge is 2.39. The second-order valence-electron chi connectivity index (χ2n) is 7.45. The maximum atomic E-state index is 13.3. The summed E-state index contributed by atoms with van der Waals surface area (Å²) in [4.78, 5) is 17.6. The van der Waals surface area contributed by atoms with Crippen molar-refractivity contribution in [2.45, 2.75) is 31.7 Å². The van der Waals surface area contributed by atoms with E-state index in [4.69, 9.17) is 0 Å². The predicted molar refractivity (Wildman–Crippen MR) is 105 cm³/mol. The first-order chi connectivity index (χ1) is 13.6. The first-order valence-electron chi connectivity index (χ1n) is 9.39. The largest absolute Gasteiger partial charge is 0.508 e. The summed E-state index contributed by atoms with van der Waals surface area (Å²) in [5.74, 6) is 0.885. The molecule has 0 amide bonds. The number of aromatic hydroxyl groups is 1. The van der Waals surface area contributed by atoms with E-state index < -0.39 is 0 Å². The molecule has 2 heterocycles. The van der Waals surface area contributed by atoms with E-state index in [1.807, 2.05) is 43.3 Å². The predicted octanol–water partition coefficient (Wildman–Crippen LogP) is 3.71. The van der Waals surface area contributed by atoms with Gasteiger partial charge in [0, 0.05) is 23.6 Å². The van der Waals surface area contributed by atoms with Crippen LogP contribution in [0.5, 0.6) is 5.75 Å². The molecule has 2 atom stereocenters. The molecule has 0 fully saturated rings. The van der Waals surface area contributed by atoms with Crippen molar-refractivity contribution in [1.29, 1.82) is 0 Å². The molecular weight excluding hydrogens is 352 g/mol. The Morgan fingerprint density at radius 2 is 1.89 bits per heavy atom. The quantitative estimate of drug-likeness (QED) is 0.717. The van der Waals surface area contributed by atoms with Crippen molar-refractivity contribution in [2.75, 3.05) is 5.32 Å². The van der Waals surface area contributed by atoms with Gasteiger partial charge in [-0.15, -0.1) is 0 Å². The van der Waals surface area contributed by atoms with Gasteiger partial charge in [0.1, 0.15) is 18.1 Å². The van der Waals surface area contributed by atoms with E-state index in [0.29, 0.717) is 18.8 Å². The minimum Gasteiger partial charge on any atom is -0.508 e. The van der Waals surface area contributed by atoms with E-state index >= 15 is 0 Å². The van der Waals surface area contributed by atoms with Crippen molar-refractivity contribution in [3.63, 3.8) is 0 Å². The third-order valence-electron chi connectivity index (χ3n) is 5.63. The molecule has 2 aliphatic rings. The van der Waals surface area contributed by atoms with Gasteiger partial charge in [0.25, 0.3) is 0 Å². The monoisotopic (exact) mass is 372 g/mol. The molecule has 0 saturated carbocycles. The second-order valence-corrected chi connectivity index (χ2v) is 7.45. The highest BCUT2D eigenvalue weighted by atomic mass is 16.3. The second kappa shape index (κ2) is 6.34. The number of aromatic nitrogens is 3. The number of fused-ring (bicyclic) bond motifs is 1. The molecule has 2 aromatic carbocycles. The van der Waals surface area contributed by atoms with Crippen LogP contribution in [0.25, 0.3) is 0 Å². The van der Waals surface area contributed by atoms with Crippen LogP contribution in [-0.4, -0.2) is 25.7 Å². The Labute approximate surface area is 162 Å². The van der Waals surface area contributed by atoms with E-state index in [1.54, 1.807) is 16.8 Å². The third kappa shape index (κ3) is 2.60. The van der Waals surface area contributed by atoms with Gasteiger partial charge in [-0.25, -0.2) is 4.68 Å². The maximum absolute atomic E-state index is 13.3. The fourth-order valence-electron chi connectivity index (χ4n) is 4.26. The minimum atomic E-state index is -0.285. The third-order valence-corrected chi connectivity index (χ3v) is 5.63. The van der Waals surface area contributed by atoms with Crippen LogP contribution in [0, 0.1) is 6.92 Å². The molecule has 5 rings (SSSR count). The van der Waals surface area contributed by atoms with E-state index in [1.165, 1.54) is 11.9 Å². The van der Waals surface area contributed by atoms with Crippen molar-refractivity contribution in [3.05, 3.63) is 82.8 Å². The number of carbonyl (C=O) groups is 1. The van der Waals surface area contributed by atoms with E-state index in [2.05, 4.69) is 15.4 Å². The molecule has 1 aromatic heterocycles. The zero-order valence-electron chi connectivity index (χ0n) is 15.5. The summed E-state index contributed by atoms with van der Waals surface area (Å²) in [6.07, 6.45) is 2.52. The van der Waals surface area contributed by atoms with Gasteiger partial charge >= 0.3 is 0 Å². The van der Waals surface area contributed by atoms with Crippen molar-refractivity contribution in [3.8, 4) is 5.75 Å². The van der Waals surface area contributed by atoms with Crippen LogP contribution >= 0.6 is 0 Å². The van der Waals surface area contributed by atoms with Crippen LogP contribution < -0.4 is 5.32 Å². The fourth-order valence-corrected chi connectivity index (χ4v) is 4.26. The fraction of sp³-hybridized carbons (Fsp3) is 0.227. The molecule has 0 saturated heterocycles. The van der Waals surface area contributed by atoms with Crippen molar-refractivity contribution < 1.29 is 9.90 Å². The Bertz CT molecular complexity index is 1100. The lowest BCUT2D eigenvalue weighted by molar-refractivity contribution is -0.116. The summed E-state index contributed by atoms with van der Waals surface area (Å²) in [6, 6.07) is 15.1. The molecule has 0 unspecified atom stereocenters. The first-order valence-corrected chi connectivity index (χ1v) is 9.39. The summed E-state index contributed by atoms with van der Waals surface area (Å²) in [7, 11) is 0.